The lowest BCUT2D eigenvalue weighted by Crippen LogP contribution is -2.08. The van der Waals surface area contributed by atoms with Crippen LogP contribution in [0.5, 0.6) is 5.75 Å². The number of carboxylic acids is 1. The topological polar surface area (TPSA) is 57.5 Å². The number of phenols is 1. The monoisotopic (exact) mass is 474 g/mol. The summed E-state index contributed by atoms with van der Waals surface area (Å²) in [5, 5.41) is 19.8. The van der Waals surface area contributed by atoms with Gasteiger partial charge in [0.05, 0.1) is 6.42 Å². The van der Waals surface area contributed by atoms with Crippen molar-refractivity contribution < 1.29 is 15.0 Å². The zero-order valence-corrected chi connectivity index (χ0v) is 22.7. The van der Waals surface area contributed by atoms with E-state index in [9.17, 15) is 15.0 Å². The third-order valence-electron chi connectivity index (χ3n) is 7.35. The first-order chi connectivity index (χ1) is 16.5. The summed E-state index contributed by atoms with van der Waals surface area (Å²) in [5.41, 5.74) is 2.98. The molecule has 3 nitrogen and oxygen atoms in total. The molecule has 1 atom stereocenters. The maximum atomic E-state index is 11.5. The van der Waals surface area contributed by atoms with Gasteiger partial charge in [0.2, 0.25) is 0 Å². The second-order valence-corrected chi connectivity index (χ2v) is 10.3. The van der Waals surface area contributed by atoms with Crippen molar-refractivity contribution in [3.63, 3.8) is 0 Å². The highest BCUT2D eigenvalue weighted by atomic mass is 16.4. The van der Waals surface area contributed by atoms with Crippen molar-refractivity contribution in [1.82, 2.24) is 0 Å². The van der Waals surface area contributed by atoms with Crippen molar-refractivity contribution in [2.45, 2.75) is 155 Å². The Labute approximate surface area is 210 Å². The minimum Gasteiger partial charge on any atom is -0.507 e. The fraction of sp³-hybridized carbons (Fsp3) is 0.774. The van der Waals surface area contributed by atoms with Gasteiger partial charge < -0.3 is 10.2 Å². The summed E-state index contributed by atoms with van der Waals surface area (Å²) in [6.45, 7) is 6.36. The molecule has 0 fully saturated rings. The fourth-order valence-electron chi connectivity index (χ4n) is 5.10. The van der Waals surface area contributed by atoms with Gasteiger partial charge in [-0.2, -0.15) is 0 Å². The van der Waals surface area contributed by atoms with Crippen molar-refractivity contribution >= 4 is 5.97 Å². The Hall–Kier alpha value is -1.51. The molecule has 34 heavy (non-hydrogen) atoms. The van der Waals surface area contributed by atoms with E-state index in [-0.39, 0.29) is 12.3 Å². The molecule has 196 valence electrons. The number of hydrogen-bond acceptors (Lipinski definition) is 2. The van der Waals surface area contributed by atoms with Crippen molar-refractivity contribution in [3.8, 4) is 5.75 Å². The molecule has 1 rings (SSSR count). The van der Waals surface area contributed by atoms with Crippen molar-refractivity contribution in [2.24, 2.45) is 0 Å². The lowest BCUT2D eigenvalue weighted by atomic mass is 9.87. The van der Waals surface area contributed by atoms with Crippen LogP contribution in [0.1, 0.15) is 159 Å². The summed E-state index contributed by atoms with van der Waals surface area (Å²) in [5.74, 6) is -0.295. The number of aromatic hydroxyl groups is 1. The average molecular weight is 475 g/mol. The van der Waals surface area contributed by atoms with Crippen molar-refractivity contribution in [3.05, 3.63) is 28.8 Å². The standard InChI is InChI=1S/C31H54O3/c1-4-7-8-9-10-11-12-13-14-15-16-17-18-19-20-21-22-28(25-30(32)33)29-23-26(5-2)31(34)27(6-3)24-29/h23-24,28,34H,4-22,25H2,1-3H3,(H,32,33). The zero-order chi connectivity index (χ0) is 25.0. The second kappa shape index (κ2) is 19.8. The molecule has 0 saturated carbocycles. The highest BCUT2D eigenvalue weighted by Crippen LogP contribution is 2.33. The number of aryl methyl sites for hydroxylation is 2. The number of unbranched alkanes of at least 4 members (excludes halogenated alkanes) is 15. The molecular weight excluding hydrogens is 420 g/mol. The second-order valence-electron chi connectivity index (χ2n) is 10.3. The summed E-state index contributed by atoms with van der Waals surface area (Å²) in [4.78, 5) is 11.5. The van der Waals surface area contributed by atoms with E-state index in [1.54, 1.807) is 0 Å². The highest BCUT2D eigenvalue weighted by Gasteiger charge is 2.18. The molecule has 3 heteroatoms. The van der Waals surface area contributed by atoms with Gasteiger partial charge in [0, 0.05) is 0 Å². The summed E-state index contributed by atoms with van der Waals surface area (Å²) >= 11 is 0. The minimum atomic E-state index is -0.731. The molecule has 0 bridgehead atoms. The number of rotatable bonds is 22. The average Bonchev–Trinajstić information content (AvgIpc) is 2.83. The number of carboxylic acid groups (broad SMARTS) is 1. The third-order valence-corrected chi connectivity index (χ3v) is 7.35. The molecule has 0 aliphatic carbocycles. The number of phenolic OH excluding ortho intramolecular Hbond substituents is 1. The summed E-state index contributed by atoms with van der Waals surface area (Å²) in [6, 6.07) is 4.07. The van der Waals surface area contributed by atoms with E-state index in [0.717, 1.165) is 42.4 Å². The van der Waals surface area contributed by atoms with Gasteiger partial charge in [0.25, 0.3) is 0 Å². The first kappa shape index (κ1) is 30.5. The predicted octanol–water partition coefficient (Wildman–Crippen LogP) is 9.73. The van der Waals surface area contributed by atoms with Crippen LogP contribution in [0.2, 0.25) is 0 Å². The molecule has 0 radical (unpaired) electrons. The van der Waals surface area contributed by atoms with Crippen LogP contribution >= 0.6 is 0 Å². The normalized spacial score (nSPS) is 12.2. The first-order valence-electron chi connectivity index (χ1n) is 14.6. The van der Waals surface area contributed by atoms with Gasteiger partial charge in [-0.05, 0) is 41.9 Å². The Morgan fingerprint density at radius 2 is 1.06 bits per heavy atom. The quantitative estimate of drug-likeness (QED) is 0.164. The molecule has 0 saturated heterocycles. The van der Waals surface area contributed by atoms with Gasteiger partial charge in [0.15, 0.2) is 0 Å². The fourth-order valence-corrected chi connectivity index (χ4v) is 5.10. The molecule has 0 heterocycles. The third kappa shape index (κ3) is 13.4. The molecule has 0 spiro atoms. The van der Waals surface area contributed by atoms with Gasteiger partial charge in [-0.1, -0.05) is 136 Å². The number of aliphatic carboxylic acids is 1. The largest absolute Gasteiger partial charge is 0.507 e. The Kier molecular flexibility index (Phi) is 17.7. The smallest absolute Gasteiger partial charge is 0.303 e. The van der Waals surface area contributed by atoms with Crippen LogP contribution in [0.15, 0.2) is 12.1 Å². The van der Waals surface area contributed by atoms with E-state index in [4.69, 9.17) is 0 Å². The Morgan fingerprint density at radius 3 is 1.41 bits per heavy atom. The van der Waals surface area contributed by atoms with E-state index < -0.39 is 5.97 Å². The maximum absolute atomic E-state index is 11.5. The van der Waals surface area contributed by atoms with Gasteiger partial charge >= 0.3 is 5.97 Å². The molecule has 0 aromatic heterocycles. The van der Waals surface area contributed by atoms with Crippen molar-refractivity contribution in [1.29, 1.82) is 0 Å². The van der Waals surface area contributed by atoms with Crippen LogP contribution in [0.3, 0.4) is 0 Å². The molecule has 1 aromatic rings. The Bertz CT molecular complexity index is 627. The van der Waals surface area contributed by atoms with Crippen LogP contribution in [-0.2, 0) is 17.6 Å². The highest BCUT2D eigenvalue weighted by molar-refractivity contribution is 5.68. The van der Waals surface area contributed by atoms with Crippen LogP contribution < -0.4 is 0 Å². The molecule has 0 amide bonds. The molecular formula is C31H54O3. The molecule has 0 aliphatic heterocycles. The van der Waals surface area contributed by atoms with Gasteiger partial charge in [-0.15, -0.1) is 0 Å². The van der Waals surface area contributed by atoms with E-state index in [1.165, 1.54) is 96.3 Å². The molecule has 0 aliphatic rings. The van der Waals surface area contributed by atoms with E-state index in [2.05, 4.69) is 6.92 Å². The van der Waals surface area contributed by atoms with Gasteiger partial charge in [-0.25, -0.2) is 0 Å². The first-order valence-corrected chi connectivity index (χ1v) is 14.6. The van der Waals surface area contributed by atoms with Gasteiger partial charge in [-0.3, -0.25) is 4.79 Å². The molecule has 2 N–H and O–H groups in total. The Morgan fingerprint density at radius 1 is 0.676 bits per heavy atom. The predicted molar refractivity (Wildman–Crippen MR) is 146 cm³/mol. The van der Waals surface area contributed by atoms with Crippen LogP contribution in [-0.4, -0.2) is 16.2 Å². The summed E-state index contributed by atoms with van der Waals surface area (Å²) < 4.78 is 0. The van der Waals surface area contributed by atoms with E-state index >= 15 is 0 Å². The molecule has 1 aromatic carbocycles. The number of carbonyl (C=O) groups is 1. The lowest BCUT2D eigenvalue weighted by Gasteiger charge is -2.19. The number of hydrogen-bond donors (Lipinski definition) is 2. The van der Waals surface area contributed by atoms with Crippen molar-refractivity contribution in [2.75, 3.05) is 0 Å². The molecule has 1 unspecified atom stereocenters. The van der Waals surface area contributed by atoms with Crippen LogP contribution in [0.4, 0.5) is 0 Å². The van der Waals surface area contributed by atoms with Crippen LogP contribution in [0.25, 0.3) is 0 Å². The van der Waals surface area contributed by atoms with E-state index in [0.29, 0.717) is 5.75 Å². The van der Waals surface area contributed by atoms with Crippen LogP contribution in [0, 0.1) is 0 Å². The number of benzene rings is 1. The van der Waals surface area contributed by atoms with E-state index in [1.807, 2.05) is 26.0 Å². The lowest BCUT2D eigenvalue weighted by molar-refractivity contribution is -0.137. The summed E-state index contributed by atoms with van der Waals surface area (Å²) in [6.07, 6.45) is 24.2. The summed E-state index contributed by atoms with van der Waals surface area (Å²) in [7, 11) is 0. The zero-order valence-electron chi connectivity index (χ0n) is 22.7. The maximum Gasteiger partial charge on any atom is 0.303 e. The minimum absolute atomic E-state index is 0.0420. The Balaban J connectivity index is 2.19. The SMILES string of the molecule is CCCCCCCCCCCCCCCCCCC(CC(=O)O)c1cc(CC)c(O)c(CC)c1. The van der Waals surface area contributed by atoms with Gasteiger partial charge in [0.1, 0.15) is 5.75 Å².